The van der Waals surface area contributed by atoms with Gasteiger partial charge in [0.05, 0.1) is 0 Å². The highest BCUT2D eigenvalue weighted by Gasteiger charge is 2.59. The molecule has 54 heavy (non-hydrogen) atoms. The Balaban J connectivity index is 1.02. The van der Waals surface area contributed by atoms with E-state index in [1.165, 1.54) is 37.7 Å². The molecule has 1 heterocycles. The third kappa shape index (κ3) is 7.69. The van der Waals surface area contributed by atoms with Crippen molar-refractivity contribution in [3.8, 4) is 0 Å². The van der Waals surface area contributed by atoms with Crippen LogP contribution in [0.15, 0.2) is 84.6 Å². The predicted octanol–water partition coefficient (Wildman–Crippen LogP) is 11.4. The van der Waals surface area contributed by atoms with E-state index in [0.717, 1.165) is 65.5 Å². The zero-order valence-corrected chi connectivity index (χ0v) is 33.6. The Hall–Kier alpha value is -3.80. The van der Waals surface area contributed by atoms with E-state index >= 15 is 0 Å². The van der Waals surface area contributed by atoms with Gasteiger partial charge in [-0.1, -0.05) is 114 Å². The molecular formula is C48H64N2O4. The number of rotatable bonds is 12. The molecule has 3 fully saturated rings. The number of hydrogen-bond donors (Lipinski definition) is 2. The number of nitrogens with one attached hydrogen (secondary N) is 2. The Kier molecular flexibility index (Phi) is 11.5. The number of H-pyrrole nitrogens is 1. The fraction of sp³-hybridized carbons (Fsp3) is 0.583. The minimum absolute atomic E-state index is 0.132. The molecule has 4 aliphatic rings. The lowest BCUT2D eigenvalue weighted by Gasteiger charge is -2.58. The number of benzene rings is 2. The zero-order chi connectivity index (χ0) is 38.0. The van der Waals surface area contributed by atoms with Crippen LogP contribution in [0.3, 0.4) is 0 Å². The van der Waals surface area contributed by atoms with Gasteiger partial charge in [-0.3, -0.25) is 0 Å². The maximum absolute atomic E-state index is 14.0. The van der Waals surface area contributed by atoms with Crippen LogP contribution in [-0.4, -0.2) is 29.2 Å². The summed E-state index contributed by atoms with van der Waals surface area (Å²) in [6.07, 6.45) is 19.5. The van der Waals surface area contributed by atoms with E-state index in [-0.39, 0.29) is 18.1 Å². The van der Waals surface area contributed by atoms with Crippen molar-refractivity contribution in [2.75, 3.05) is 0 Å². The van der Waals surface area contributed by atoms with Crippen molar-refractivity contribution in [1.29, 1.82) is 0 Å². The molecule has 6 heteroatoms. The molecule has 7 rings (SSSR count). The molecule has 1 unspecified atom stereocenters. The molecule has 6 nitrogen and oxygen atoms in total. The molecular weight excluding hydrogens is 669 g/mol. The Labute approximate surface area is 323 Å². The SMILES string of the molecule is CCC(/C=C/[C@H](C)[C@H]1CC[C@H]2[C@@H]3CC=C4C[C@@H](OC(=O)[C@H](Cc5c[nH]c6ccccc56)NC(=O)OCc5ccccc5)CC[C@]4(C)[C@H]3CC[C@]12C)C(C)C. The van der Waals surface area contributed by atoms with Gasteiger partial charge in [0.1, 0.15) is 18.8 Å². The molecule has 4 aliphatic carbocycles. The van der Waals surface area contributed by atoms with E-state index in [4.69, 9.17) is 9.47 Å². The first-order valence-electron chi connectivity index (χ1n) is 21.1. The molecule has 2 N–H and O–H groups in total. The van der Waals surface area contributed by atoms with Gasteiger partial charge in [-0.2, -0.15) is 0 Å². The number of allylic oxidation sites excluding steroid dienone is 3. The Bertz CT molecular complexity index is 1830. The van der Waals surface area contributed by atoms with Crippen LogP contribution in [0.25, 0.3) is 10.9 Å². The number of carbonyl (C=O) groups is 2. The van der Waals surface area contributed by atoms with Gasteiger partial charge in [-0.15, -0.1) is 0 Å². The molecule has 0 spiro atoms. The van der Waals surface area contributed by atoms with Crippen molar-refractivity contribution in [2.45, 2.75) is 125 Å². The lowest BCUT2D eigenvalue weighted by molar-refractivity contribution is -0.154. The Morgan fingerprint density at radius 2 is 1.72 bits per heavy atom. The van der Waals surface area contributed by atoms with E-state index in [1.807, 2.05) is 60.8 Å². The Morgan fingerprint density at radius 3 is 2.50 bits per heavy atom. The van der Waals surface area contributed by atoms with Crippen LogP contribution in [0.5, 0.6) is 0 Å². The smallest absolute Gasteiger partial charge is 0.408 e. The number of ether oxygens (including phenoxy) is 2. The van der Waals surface area contributed by atoms with Gasteiger partial charge < -0.3 is 19.8 Å². The normalized spacial score (nSPS) is 30.9. The molecule has 2 aromatic carbocycles. The number of para-hydroxylation sites is 1. The summed E-state index contributed by atoms with van der Waals surface area (Å²) in [6, 6.07) is 16.7. The van der Waals surface area contributed by atoms with Gasteiger partial charge in [0.25, 0.3) is 0 Å². The molecule has 1 aromatic heterocycles. The van der Waals surface area contributed by atoms with Crippen LogP contribution < -0.4 is 5.32 Å². The predicted molar refractivity (Wildman–Crippen MR) is 218 cm³/mol. The van der Waals surface area contributed by atoms with Crippen molar-refractivity contribution < 1.29 is 19.1 Å². The molecule has 290 valence electrons. The highest BCUT2D eigenvalue weighted by atomic mass is 16.6. The average molecular weight is 733 g/mol. The number of esters is 1. The topological polar surface area (TPSA) is 80.4 Å². The van der Waals surface area contributed by atoms with Crippen LogP contribution in [0, 0.1) is 52.3 Å². The lowest BCUT2D eigenvalue weighted by Crippen LogP contribution is -2.51. The minimum Gasteiger partial charge on any atom is -0.461 e. The summed E-state index contributed by atoms with van der Waals surface area (Å²) >= 11 is 0. The Morgan fingerprint density at radius 1 is 0.944 bits per heavy atom. The number of alkyl carbamates (subject to hydrolysis) is 1. The maximum Gasteiger partial charge on any atom is 0.408 e. The van der Waals surface area contributed by atoms with Gasteiger partial charge in [0, 0.05) is 29.9 Å². The summed E-state index contributed by atoms with van der Waals surface area (Å²) in [6.45, 7) is 14.8. The maximum atomic E-state index is 14.0. The first-order chi connectivity index (χ1) is 26.0. The fourth-order valence-electron chi connectivity index (χ4n) is 11.8. The molecule has 0 aliphatic heterocycles. The summed E-state index contributed by atoms with van der Waals surface area (Å²) in [5.41, 5.74) is 4.90. The molecule has 3 saturated carbocycles. The summed E-state index contributed by atoms with van der Waals surface area (Å²) in [7, 11) is 0. The van der Waals surface area contributed by atoms with E-state index in [1.54, 1.807) is 0 Å². The second-order valence-corrected chi connectivity index (χ2v) is 18.2. The fourth-order valence-corrected chi connectivity index (χ4v) is 11.8. The summed E-state index contributed by atoms with van der Waals surface area (Å²) in [4.78, 5) is 30.4. The molecule has 0 saturated heterocycles. The number of carbonyl (C=O) groups excluding carboxylic acids is 2. The lowest BCUT2D eigenvalue weighted by atomic mass is 9.47. The van der Waals surface area contributed by atoms with Crippen LogP contribution in [0.2, 0.25) is 0 Å². The van der Waals surface area contributed by atoms with E-state index < -0.39 is 18.1 Å². The quantitative estimate of drug-likeness (QED) is 0.143. The highest BCUT2D eigenvalue weighted by molar-refractivity contribution is 5.86. The van der Waals surface area contributed by atoms with Gasteiger partial charge >= 0.3 is 12.1 Å². The number of fused-ring (bicyclic) bond motifs is 6. The van der Waals surface area contributed by atoms with Crippen LogP contribution >= 0.6 is 0 Å². The van der Waals surface area contributed by atoms with Crippen molar-refractivity contribution in [3.05, 3.63) is 95.7 Å². The van der Waals surface area contributed by atoms with Crippen molar-refractivity contribution >= 4 is 23.0 Å². The van der Waals surface area contributed by atoms with Crippen LogP contribution in [0.1, 0.15) is 110 Å². The minimum atomic E-state index is -0.868. The summed E-state index contributed by atoms with van der Waals surface area (Å²) < 4.78 is 11.9. The van der Waals surface area contributed by atoms with Crippen molar-refractivity contribution in [1.82, 2.24) is 10.3 Å². The van der Waals surface area contributed by atoms with Gasteiger partial charge in [-0.25, -0.2) is 9.59 Å². The second-order valence-electron chi connectivity index (χ2n) is 18.2. The molecule has 3 aromatic rings. The number of amides is 1. The van der Waals surface area contributed by atoms with Gasteiger partial charge in [0.2, 0.25) is 0 Å². The largest absolute Gasteiger partial charge is 0.461 e. The van der Waals surface area contributed by atoms with E-state index in [0.29, 0.717) is 35.5 Å². The summed E-state index contributed by atoms with van der Waals surface area (Å²) in [5, 5.41) is 3.90. The zero-order valence-electron chi connectivity index (χ0n) is 33.6. The van der Waals surface area contributed by atoms with E-state index in [9.17, 15) is 9.59 Å². The van der Waals surface area contributed by atoms with Crippen LogP contribution in [-0.2, 0) is 27.3 Å². The van der Waals surface area contributed by atoms with Gasteiger partial charge in [-0.05, 0) is 121 Å². The third-order valence-electron chi connectivity index (χ3n) is 14.9. The molecule has 10 atom stereocenters. The monoisotopic (exact) mass is 732 g/mol. The molecule has 0 bridgehead atoms. The first-order valence-corrected chi connectivity index (χ1v) is 21.1. The number of hydrogen-bond acceptors (Lipinski definition) is 4. The van der Waals surface area contributed by atoms with Gasteiger partial charge in [0.15, 0.2) is 0 Å². The van der Waals surface area contributed by atoms with E-state index in [2.05, 4.69) is 70.1 Å². The van der Waals surface area contributed by atoms with Crippen molar-refractivity contribution in [3.63, 3.8) is 0 Å². The number of aromatic nitrogens is 1. The van der Waals surface area contributed by atoms with Crippen molar-refractivity contribution in [2.24, 2.45) is 52.3 Å². The highest BCUT2D eigenvalue weighted by Crippen LogP contribution is 2.67. The number of aromatic amines is 1. The molecule has 0 radical (unpaired) electrons. The summed E-state index contributed by atoms with van der Waals surface area (Å²) in [5.74, 6) is 4.58. The third-order valence-corrected chi connectivity index (χ3v) is 14.9. The first kappa shape index (κ1) is 38.5. The second kappa shape index (κ2) is 16.1. The molecule has 1 amide bonds. The standard InChI is InChI=1S/C48H64N2O4/c1-7-34(31(2)3)18-17-32(4)40-21-22-41-39-20-19-36-28-37(23-25-47(36,5)42(39)24-26-48(40,41)6)54-45(51)44(27-35-29-49-43-16-12-11-15-38(35)43)50-46(52)53-30-33-13-9-8-10-14-33/h8-19,29,31-32,34,37,39-42,44,49H,7,20-28,30H2,1-6H3,(H,50,52)/b18-17+/t32-,34?,37-,39-,40+,41-,42-,44-,47-,48+/m0/s1. The average Bonchev–Trinajstić information content (AvgIpc) is 3.75. The van der Waals surface area contributed by atoms with Crippen LogP contribution in [0.4, 0.5) is 4.79 Å².